The van der Waals surface area contributed by atoms with Gasteiger partial charge in [0.15, 0.2) is 9.84 Å². The van der Waals surface area contributed by atoms with Gasteiger partial charge in [-0.05, 0) is 30.5 Å². The largest absolute Gasteiger partial charge is 0.347 e. The highest BCUT2D eigenvalue weighted by molar-refractivity contribution is 7.91. The third-order valence-electron chi connectivity index (χ3n) is 4.07. The fourth-order valence-electron chi connectivity index (χ4n) is 2.79. The van der Waals surface area contributed by atoms with Crippen molar-refractivity contribution in [3.63, 3.8) is 0 Å². The summed E-state index contributed by atoms with van der Waals surface area (Å²) in [6, 6.07) is 10.6. The Labute approximate surface area is 150 Å². The number of rotatable bonds is 5. The summed E-state index contributed by atoms with van der Waals surface area (Å²) in [5.41, 5.74) is 1.58. The Morgan fingerprint density at radius 2 is 1.96 bits per heavy atom. The maximum Gasteiger partial charge on any atom is 0.319 e. The molecule has 0 radical (unpaired) electrons. The number of carbonyl (C=O) groups excluding carboxylic acids is 1. The second-order valence-electron chi connectivity index (χ2n) is 5.67. The molecule has 2 heterocycles. The van der Waals surface area contributed by atoms with Gasteiger partial charge in [0.05, 0.1) is 15.6 Å². The third-order valence-corrected chi connectivity index (χ3v) is 6.73. The second kappa shape index (κ2) is 6.89. The minimum atomic E-state index is -3.52. The number of urea groups is 1. The van der Waals surface area contributed by atoms with Gasteiger partial charge >= 0.3 is 6.03 Å². The molecule has 1 aromatic carbocycles. The van der Waals surface area contributed by atoms with Crippen molar-refractivity contribution in [2.75, 3.05) is 17.6 Å². The molecule has 0 bridgehead atoms. The third kappa shape index (κ3) is 3.54. The molecular weight excluding hydrogens is 358 g/mol. The molecule has 6 nitrogen and oxygen atoms in total. The van der Waals surface area contributed by atoms with Crippen molar-refractivity contribution in [3.8, 4) is 0 Å². The van der Waals surface area contributed by atoms with E-state index in [4.69, 9.17) is 0 Å². The molecule has 132 valence electrons. The average Bonchev–Trinajstić information content (AvgIpc) is 3.15. The van der Waals surface area contributed by atoms with Crippen molar-refractivity contribution in [2.24, 2.45) is 7.05 Å². The summed E-state index contributed by atoms with van der Waals surface area (Å²) in [5, 5.41) is 8.53. The molecule has 0 aliphatic carbocycles. The van der Waals surface area contributed by atoms with E-state index in [0.717, 1.165) is 5.52 Å². The average molecular weight is 377 g/mol. The summed E-state index contributed by atoms with van der Waals surface area (Å²) < 4.78 is 27.5. The number of para-hydroxylation sites is 1. The smallest absolute Gasteiger partial charge is 0.319 e. The molecule has 0 spiro atoms. The minimum absolute atomic E-state index is 0.0439. The van der Waals surface area contributed by atoms with Crippen LogP contribution in [0.4, 0.5) is 9.80 Å². The molecule has 0 aliphatic rings. The zero-order valence-corrected chi connectivity index (χ0v) is 15.6. The first kappa shape index (κ1) is 17.5. The maximum atomic E-state index is 12.8. The van der Waals surface area contributed by atoms with Crippen molar-refractivity contribution in [3.05, 3.63) is 47.5 Å². The van der Waals surface area contributed by atoms with E-state index in [-0.39, 0.29) is 12.3 Å². The van der Waals surface area contributed by atoms with Crippen LogP contribution in [0.25, 0.3) is 10.9 Å². The Kier molecular flexibility index (Phi) is 4.82. The number of sulfone groups is 1. The predicted octanol–water partition coefficient (Wildman–Crippen LogP) is 3.14. The van der Waals surface area contributed by atoms with Crippen LogP contribution in [-0.4, -0.2) is 31.3 Å². The van der Waals surface area contributed by atoms with Crippen LogP contribution in [0.5, 0.6) is 0 Å². The van der Waals surface area contributed by atoms with Gasteiger partial charge in [-0.25, -0.2) is 13.2 Å². The number of aromatic nitrogens is 1. The van der Waals surface area contributed by atoms with E-state index in [1.165, 1.54) is 11.3 Å². The number of hydrogen-bond acceptors (Lipinski definition) is 4. The molecule has 2 N–H and O–H groups in total. The lowest BCUT2D eigenvalue weighted by Gasteiger charge is -2.08. The van der Waals surface area contributed by atoms with Crippen molar-refractivity contribution in [1.82, 2.24) is 9.88 Å². The van der Waals surface area contributed by atoms with Crippen LogP contribution in [0.15, 0.2) is 46.7 Å². The van der Waals surface area contributed by atoms with Crippen LogP contribution in [0.3, 0.4) is 0 Å². The first-order valence-corrected chi connectivity index (χ1v) is 10.3. The number of nitrogens with zero attached hydrogens (tertiary/aromatic N) is 1. The molecule has 2 aromatic heterocycles. The molecule has 0 unspecified atom stereocenters. The Hall–Kier alpha value is -2.32. The van der Waals surface area contributed by atoms with E-state index < -0.39 is 15.9 Å². The van der Waals surface area contributed by atoms with Crippen LogP contribution in [0.1, 0.15) is 5.69 Å². The predicted molar refractivity (Wildman–Crippen MR) is 101 cm³/mol. The minimum Gasteiger partial charge on any atom is -0.347 e. The van der Waals surface area contributed by atoms with E-state index in [1.807, 2.05) is 47.3 Å². The van der Waals surface area contributed by atoms with Crippen LogP contribution in [-0.2, 0) is 16.9 Å². The summed E-state index contributed by atoms with van der Waals surface area (Å²) in [6.45, 7) is 1.84. The fraction of sp³-hybridized carbons (Fsp3) is 0.235. The van der Waals surface area contributed by atoms with Gasteiger partial charge in [-0.15, -0.1) is 11.3 Å². The summed E-state index contributed by atoms with van der Waals surface area (Å²) in [6.07, 6.45) is 0. The Morgan fingerprint density at radius 3 is 2.68 bits per heavy atom. The van der Waals surface area contributed by atoms with Gasteiger partial charge < -0.3 is 9.88 Å². The molecule has 3 rings (SSSR count). The number of anilines is 1. The number of carbonyl (C=O) groups is 1. The number of hydrogen-bond donors (Lipinski definition) is 2. The lowest BCUT2D eigenvalue weighted by atomic mass is 10.2. The van der Waals surface area contributed by atoms with Crippen LogP contribution >= 0.6 is 11.3 Å². The van der Waals surface area contributed by atoms with E-state index >= 15 is 0 Å². The van der Waals surface area contributed by atoms with Gasteiger partial charge in [0, 0.05) is 30.2 Å². The summed E-state index contributed by atoms with van der Waals surface area (Å²) >= 11 is 1.40. The molecule has 0 saturated heterocycles. The number of benzene rings is 1. The maximum absolute atomic E-state index is 12.8. The SMILES string of the molecule is Cc1c(S(=O)(=O)CCNC(=O)Nc2cccs2)c2ccccc2n1C. The normalized spacial score (nSPS) is 11.6. The van der Waals surface area contributed by atoms with Crippen molar-refractivity contribution >= 4 is 43.1 Å². The van der Waals surface area contributed by atoms with Crippen LogP contribution < -0.4 is 10.6 Å². The van der Waals surface area contributed by atoms with Crippen LogP contribution in [0.2, 0.25) is 0 Å². The molecule has 2 amide bonds. The van der Waals surface area contributed by atoms with Gasteiger partial charge in [0.25, 0.3) is 0 Å². The highest BCUT2D eigenvalue weighted by atomic mass is 32.2. The zero-order valence-electron chi connectivity index (χ0n) is 13.9. The van der Waals surface area contributed by atoms with E-state index in [1.54, 1.807) is 13.0 Å². The first-order valence-electron chi connectivity index (χ1n) is 7.75. The summed E-state index contributed by atoms with van der Waals surface area (Å²) in [4.78, 5) is 12.1. The van der Waals surface area contributed by atoms with Gasteiger partial charge in [0.1, 0.15) is 0 Å². The van der Waals surface area contributed by atoms with Crippen molar-refractivity contribution in [1.29, 1.82) is 0 Å². The lowest BCUT2D eigenvalue weighted by Crippen LogP contribution is -2.32. The molecule has 0 atom stereocenters. The zero-order chi connectivity index (χ0) is 18.0. The van der Waals surface area contributed by atoms with Crippen LogP contribution in [0, 0.1) is 6.92 Å². The number of nitrogens with one attached hydrogen (secondary N) is 2. The summed E-state index contributed by atoms with van der Waals surface area (Å²) in [5.74, 6) is -0.153. The highest BCUT2D eigenvalue weighted by Crippen LogP contribution is 2.29. The molecular formula is C17H19N3O3S2. The summed E-state index contributed by atoms with van der Waals surface area (Å²) in [7, 11) is -1.66. The Balaban J connectivity index is 1.72. The molecule has 8 heteroatoms. The van der Waals surface area contributed by atoms with E-state index in [0.29, 0.717) is 21.0 Å². The highest BCUT2D eigenvalue weighted by Gasteiger charge is 2.24. The molecule has 0 fully saturated rings. The monoisotopic (exact) mass is 377 g/mol. The number of aryl methyl sites for hydroxylation is 1. The standard InChI is InChI=1S/C17H19N3O3S2/c1-12-16(13-6-3-4-7-14(13)20(12)2)25(22,23)11-9-18-17(21)19-15-8-5-10-24-15/h3-8,10H,9,11H2,1-2H3,(H2,18,19,21). The molecule has 3 aromatic rings. The quantitative estimate of drug-likeness (QED) is 0.717. The van der Waals surface area contributed by atoms with Gasteiger partial charge in [0.2, 0.25) is 0 Å². The van der Waals surface area contributed by atoms with Crippen molar-refractivity contribution in [2.45, 2.75) is 11.8 Å². The molecule has 25 heavy (non-hydrogen) atoms. The lowest BCUT2D eigenvalue weighted by molar-refractivity contribution is 0.252. The number of amides is 2. The van der Waals surface area contributed by atoms with Crippen molar-refractivity contribution < 1.29 is 13.2 Å². The van der Waals surface area contributed by atoms with E-state index in [9.17, 15) is 13.2 Å². The Morgan fingerprint density at radius 1 is 1.20 bits per heavy atom. The fourth-order valence-corrected chi connectivity index (χ4v) is 5.07. The number of thiophene rings is 1. The van der Waals surface area contributed by atoms with Gasteiger partial charge in [-0.2, -0.15) is 0 Å². The number of fused-ring (bicyclic) bond motifs is 1. The second-order valence-corrected chi connectivity index (χ2v) is 8.66. The molecule has 0 aliphatic heterocycles. The molecule has 0 saturated carbocycles. The van der Waals surface area contributed by atoms with Gasteiger partial charge in [-0.1, -0.05) is 18.2 Å². The van der Waals surface area contributed by atoms with E-state index in [2.05, 4.69) is 10.6 Å². The topological polar surface area (TPSA) is 80.2 Å². The first-order chi connectivity index (χ1) is 11.9. The van der Waals surface area contributed by atoms with Gasteiger partial charge in [-0.3, -0.25) is 5.32 Å². The Bertz CT molecular complexity index is 1010.